The molecule has 0 aliphatic heterocycles. The fraction of sp³-hybridized carbons (Fsp3) is 0.350. The standard InChI is InChI=1S/C20H25N3O3/c1-2-26-18-12-4-3-11-17(18)23-20(25)15-19(24)22-14-8-6-10-16-9-5-7-13-21-16/h3-5,7,9,11-13H,2,6,8,10,14-15H2,1H3,(H,22,24)(H,23,25). The molecule has 26 heavy (non-hydrogen) atoms. The largest absolute Gasteiger partial charge is 0.492 e. The number of rotatable bonds is 10. The van der Waals surface area contributed by atoms with E-state index in [0.717, 1.165) is 25.0 Å². The van der Waals surface area contributed by atoms with Crippen LogP contribution in [0.1, 0.15) is 31.9 Å². The van der Waals surface area contributed by atoms with E-state index in [1.807, 2.05) is 31.2 Å². The van der Waals surface area contributed by atoms with E-state index in [1.165, 1.54) is 0 Å². The van der Waals surface area contributed by atoms with Gasteiger partial charge in [0.1, 0.15) is 12.2 Å². The number of hydrogen-bond acceptors (Lipinski definition) is 4. The third-order valence-electron chi connectivity index (χ3n) is 3.69. The predicted octanol–water partition coefficient (Wildman–Crippen LogP) is 2.95. The van der Waals surface area contributed by atoms with Crippen LogP contribution in [0.4, 0.5) is 5.69 Å². The monoisotopic (exact) mass is 355 g/mol. The Bertz CT molecular complexity index is 704. The molecule has 0 radical (unpaired) electrons. The fourth-order valence-corrected chi connectivity index (χ4v) is 2.46. The Hall–Kier alpha value is -2.89. The number of nitrogens with zero attached hydrogens (tertiary/aromatic N) is 1. The van der Waals surface area contributed by atoms with Gasteiger partial charge in [0.05, 0.1) is 12.3 Å². The quantitative estimate of drug-likeness (QED) is 0.507. The van der Waals surface area contributed by atoms with E-state index in [2.05, 4.69) is 15.6 Å². The first-order valence-corrected chi connectivity index (χ1v) is 8.87. The molecule has 0 fully saturated rings. The number of para-hydroxylation sites is 2. The number of carbonyl (C=O) groups is 2. The highest BCUT2D eigenvalue weighted by molar-refractivity contribution is 6.04. The molecule has 2 amide bonds. The Morgan fingerprint density at radius 1 is 1.04 bits per heavy atom. The number of aryl methyl sites for hydroxylation is 1. The molecule has 138 valence electrons. The minimum absolute atomic E-state index is 0.208. The molecule has 1 aromatic heterocycles. The van der Waals surface area contributed by atoms with Crippen LogP contribution in [0.2, 0.25) is 0 Å². The van der Waals surface area contributed by atoms with Gasteiger partial charge >= 0.3 is 0 Å². The van der Waals surface area contributed by atoms with Crippen LogP contribution >= 0.6 is 0 Å². The molecule has 0 atom stereocenters. The van der Waals surface area contributed by atoms with Crippen LogP contribution in [0.15, 0.2) is 48.7 Å². The number of benzene rings is 1. The summed E-state index contributed by atoms with van der Waals surface area (Å²) in [6.07, 6.45) is 4.23. The molecule has 2 aromatic rings. The Kier molecular flexibility index (Phi) is 8.12. The van der Waals surface area contributed by atoms with Crippen molar-refractivity contribution in [2.24, 2.45) is 0 Å². The van der Waals surface area contributed by atoms with Crippen molar-refractivity contribution in [3.05, 3.63) is 54.4 Å². The number of aromatic nitrogens is 1. The Morgan fingerprint density at radius 3 is 2.62 bits per heavy atom. The minimum Gasteiger partial charge on any atom is -0.492 e. The maximum absolute atomic E-state index is 12.0. The lowest BCUT2D eigenvalue weighted by Crippen LogP contribution is -2.29. The first kappa shape index (κ1) is 19.4. The molecule has 1 aromatic carbocycles. The van der Waals surface area contributed by atoms with Gasteiger partial charge in [-0.3, -0.25) is 14.6 Å². The second-order valence-electron chi connectivity index (χ2n) is 5.78. The van der Waals surface area contributed by atoms with Gasteiger partial charge in [0.2, 0.25) is 11.8 Å². The number of amides is 2. The fourth-order valence-electron chi connectivity index (χ4n) is 2.46. The third kappa shape index (κ3) is 6.93. The predicted molar refractivity (Wildman–Crippen MR) is 101 cm³/mol. The van der Waals surface area contributed by atoms with Crippen molar-refractivity contribution in [1.82, 2.24) is 10.3 Å². The van der Waals surface area contributed by atoms with Crippen molar-refractivity contribution in [1.29, 1.82) is 0 Å². The Labute approximate surface area is 154 Å². The smallest absolute Gasteiger partial charge is 0.233 e. The molecule has 0 unspecified atom stereocenters. The van der Waals surface area contributed by atoms with Crippen molar-refractivity contribution in [2.75, 3.05) is 18.5 Å². The summed E-state index contributed by atoms with van der Waals surface area (Å²) in [6.45, 7) is 2.93. The lowest BCUT2D eigenvalue weighted by Gasteiger charge is -2.11. The van der Waals surface area contributed by atoms with Crippen LogP contribution in [0.3, 0.4) is 0 Å². The zero-order valence-electron chi connectivity index (χ0n) is 15.0. The van der Waals surface area contributed by atoms with E-state index in [4.69, 9.17) is 4.74 Å². The van der Waals surface area contributed by atoms with E-state index in [0.29, 0.717) is 24.6 Å². The minimum atomic E-state index is -0.358. The van der Waals surface area contributed by atoms with Crippen LogP contribution in [-0.2, 0) is 16.0 Å². The Morgan fingerprint density at radius 2 is 1.85 bits per heavy atom. The van der Waals surface area contributed by atoms with E-state index in [-0.39, 0.29) is 18.2 Å². The van der Waals surface area contributed by atoms with Crippen LogP contribution < -0.4 is 15.4 Å². The molecule has 0 aliphatic carbocycles. The summed E-state index contributed by atoms with van der Waals surface area (Å²) in [5, 5.41) is 5.49. The van der Waals surface area contributed by atoms with Gasteiger partial charge in [-0.2, -0.15) is 0 Å². The van der Waals surface area contributed by atoms with Gasteiger partial charge in [-0.15, -0.1) is 0 Å². The van der Waals surface area contributed by atoms with E-state index in [1.54, 1.807) is 24.4 Å². The summed E-state index contributed by atoms with van der Waals surface area (Å²) in [5.74, 6) is -0.0457. The average Bonchev–Trinajstić information content (AvgIpc) is 2.64. The van der Waals surface area contributed by atoms with Gasteiger partial charge in [-0.25, -0.2) is 0 Å². The molecule has 6 heteroatoms. The molecule has 2 N–H and O–H groups in total. The molecule has 2 rings (SSSR count). The second-order valence-corrected chi connectivity index (χ2v) is 5.78. The zero-order valence-corrected chi connectivity index (χ0v) is 15.0. The maximum Gasteiger partial charge on any atom is 0.233 e. The van der Waals surface area contributed by atoms with E-state index >= 15 is 0 Å². The summed E-state index contributed by atoms with van der Waals surface area (Å²) in [6, 6.07) is 13.0. The van der Waals surface area contributed by atoms with Crippen molar-refractivity contribution in [3.8, 4) is 5.75 Å². The van der Waals surface area contributed by atoms with Gasteiger partial charge in [0.15, 0.2) is 0 Å². The lowest BCUT2D eigenvalue weighted by atomic mass is 10.2. The molecular weight excluding hydrogens is 330 g/mol. The van der Waals surface area contributed by atoms with Crippen molar-refractivity contribution >= 4 is 17.5 Å². The molecule has 0 aliphatic rings. The number of anilines is 1. The highest BCUT2D eigenvalue weighted by atomic mass is 16.5. The van der Waals surface area contributed by atoms with Crippen LogP contribution in [0.25, 0.3) is 0 Å². The average molecular weight is 355 g/mol. The highest BCUT2D eigenvalue weighted by Crippen LogP contribution is 2.23. The number of pyridine rings is 1. The van der Waals surface area contributed by atoms with Crippen molar-refractivity contribution in [2.45, 2.75) is 32.6 Å². The topological polar surface area (TPSA) is 80.3 Å². The molecule has 6 nitrogen and oxygen atoms in total. The molecule has 0 bridgehead atoms. The molecule has 0 saturated heterocycles. The number of unbranched alkanes of at least 4 members (excludes halogenated alkanes) is 1. The number of ether oxygens (including phenoxy) is 1. The van der Waals surface area contributed by atoms with Gasteiger partial charge in [0.25, 0.3) is 0 Å². The molecular formula is C20H25N3O3. The van der Waals surface area contributed by atoms with Gasteiger partial charge in [-0.05, 0) is 50.5 Å². The van der Waals surface area contributed by atoms with Crippen molar-refractivity contribution in [3.63, 3.8) is 0 Å². The SMILES string of the molecule is CCOc1ccccc1NC(=O)CC(=O)NCCCCc1ccccn1. The van der Waals surface area contributed by atoms with Gasteiger partial charge in [-0.1, -0.05) is 18.2 Å². The second kappa shape index (κ2) is 10.9. The van der Waals surface area contributed by atoms with Crippen molar-refractivity contribution < 1.29 is 14.3 Å². The first-order chi connectivity index (χ1) is 12.7. The van der Waals surface area contributed by atoms with Gasteiger partial charge in [0, 0.05) is 18.4 Å². The summed E-state index contributed by atoms with van der Waals surface area (Å²) in [5.41, 5.74) is 1.62. The third-order valence-corrected chi connectivity index (χ3v) is 3.69. The van der Waals surface area contributed by atoms with Gasteiger partial charge < -0.3 is 15.4 Å². The number of nitrogens with one attached hydrogen (secondary N) is 2. The molecule has 1 heterocycles. The summed E-state index contributed by atoms with van der Waals surface area (Å²) >= 11 is 0. The maximum atomic E-state index is 12.0. The normalized spacial score (nSPS) is 10.2. The number of hydrogen-bond donors (Lipinski definition) is 2. The summed E-state index contributed by atoms with van der Waals surface area (Å²) < 4.78 is 5.45. The molecule has 0 spiro atoms. The van der Waals surface area contributed by atoms with Crippen LogP contribution in [0.5, 0.6) is 5.75 Å². The Balaban J connectivity index is 1.65. The molecule has 0 saturated carbocycles. The van der Waals surface area contributed by atoms with Crippen LogP contribution in [-0.4, -0.2) is 29.9 Å². The highest BCUT2D eigenvalue weighted by Gasteiger charge is 2.11. The zero-order chi connectivity index (χ0) is 18.6. The number of carbonyl (C=O) groups excluding carboxylic acids is 2. The first-order valence-electron chi connectivity index (χ1n) is 8.87. The van der Waals surface area contributed by atoms with Crippen LogP contribution in [0, 0.1) is 0 Å². The summed E-state index contributed by atoms with van der Waals surface area (Å²) in [4.78, 5) is 28.1. The summed E-state index contributed by atoms with van der Waals surface area (Å²) in [7, 11) is 0. The van der Waals surface area contributed by atoms with E-state index < -0.39 is 0 Å². The lowest BCUT2D eigenvalue weighted by molar-refractivity contribution is -0.126. The van der Waals surface area contributed by atoms with E-state index in [9.17, 15) is 9.59 Å².